The molecule has 1 saturated carbocycles. The summed E-state index contributed by atoms with van der Waals surface area (Å²) >= 11 is 3.17. The van der Waals surface area contributed by atoms with Crippen molar-refractivity contribution in [1.82, 2.24) is 4.90 Å². The van der Waals surface area contributed by atoms with E-state index in [2.05, 4.69) is 15.9 Å². The molecule has 0 aromatic heterocycles. The summed E-state index contributed by atoms with van der Waals surface area (Å²) in [5.74, 6) is 1.82. The van der Waals surface area contributed by atoms with E-state index in [0.29, 0.717) is 22.9 Å². The molecule has 4 nitrogen and oxygen atoms in total. The number of rotatable bonds is 7. The maximum atomic E-state index is 13.5. The molecule has 152 valence electrons. The van der Waals surface area contributed by atoms with Crippen LogP contribution in [0.15, 0.2) is 22.7 Å². The van der Waals surface area contributed by atoms with E-state index >= 15 is 0 Å². The Morgan fingerprint density at radius 1 is 1.30 bits per heavy atom. The lowest BCUT2D eigenvalue weighted by molar-refractivity contribution is -0.243. The number of aliphatic hydroxyl groups is 1. The molecule has 1 aliphatic carbocycles. The summed E-state index contributed by atoms with van der Waals surface area (Å²) in [7, 11) is 0. The van der Waals surface area contributed by atoms with Gasteiger partial charge in [0.2, 0.25) is 6.41 Å². The highest BCUT2D eigenvalue weighted by atomic mass is 79.9. The molecule has 1 aromatic carbocycles. The smallest absolute Gasteiger partial charge is 0.216 e. The van der Waals surface area contributed by atoms with Crippen LogP contribution in [0.25, 0.3) is 0 Å². The summed E-state index contributed by atoms with van der Waals surface area (Å²) in [5, 5.41) is 10.2. The first-order valence-electron chi connectivity index (χ1n) is 9.84. The first-order chi connectivity index (χ1) is 12.7. The lowest BCUT2D eigenvalue weighted by atomic mass is 9.91. The van der Waals surface area contributed by atoms with Gasteiger partial charge in [0.05, 0.1) is 23.3 Å². The molecule has 27 heavy (non-hydrogen) atoms. The summed E-state index contributed by atoms with van der Waals surface area (Å²) in [6, 6.07) is 5.13. The van der Waals surface area contributed by atoms with Gasteiger partial charge >= 0.3 is 0 Å². The number of nitrogens with zero attached hydrogens (tertiary/aromatic N) is 1. The monoisotopic (exact) mass is 443 g/mol. The van der Waals surface area contributed by atoms with Crippen LogP contribution < -0.4 is 0 Å². The third-order valence-electron chi connectivity index (χ3n) is 5.51. The van der Waals surface area contributed by atoms with Gasteiger partial charge in [0, 0.05) is 13.1 Å². The summed E-state index contributed by atoms with van der Waals surface area (Å²) in [5.41, 5.74) is 0.529. The van der Waals surface area contributed by atoms with Crippen LogP contribution in [0.4, 0.5) is 4.39 Å². The summed E-state index contributed by atoms with van der Waals surface area (Å²) in [6.45, 7) is 8.84. The van der Waals surface area contributed by atoms with Gasteiger partial charge in [-0.25, -0.2) is 4.39 Å². The molecule has 1 saturated heterocycles. The number of likely N-dealkylation sites (tertiary alicyclic amines) is 1. The van der Waals surface area contributed by atoms with Gasteiger partial charge in [-0.3, -0.25) is 4.90 Å². The fourth-order valence-electron chi connectivity index (χ4n) is 3.96. The Hall–Kier alpha value is -0.530. The van der Waals surface area contributed by atoms with Crippen molar-refractivity contribution >= 4 is 15.9 Å². The Morgan fingerprint density at radius 2 is 2.00 bits per heavy atom. The molecule has 3 atom stereocenters. The molecule has 0 bridgehead atoms. The van der Waals surface area contributed by atoms with Crippen LogP contribution in [-0.4, -0.2) is 41.7 Å². The number of hydrogen-bond donors (Lipinski definition) is 1. The van der Waals surface area contributed by atoms with Crippen LogP contribution in [0.2, 0.25) is 0 Å². The van der Waals surface area contributed by atoms with E-state index in [1.54, 1.807) is 6.07 Å². The largest absolute Gasteiger partial charge is 0.376 e. The van der Waals surface area contributed by atoms with Crippen LogP contribution in [0.1, 0.15) is 45.6 Å². The van der Waals surface area contributed by atoms with Crippen LogP contribution in [0.5, 0.6) is 0 Å². The van der Waals surface area contributed by atoms with Gasteiger partial charge in [0.15, 0.2) is 0 Å². The van der Waals surface area contributed by atoms with Crippen molar-refractivity contribution in [1.29, 1.82) is 0 Å². The number of halogens is 2. The van der Waals surface area contributed by atoms with Gasteiger partial charge in [0.1, 0.15) is 5.82 Å². The summed E-state index contributed by atoms with van der Waals surface area (Å²) in [6.07, 6.45) is 2.61. The Kier molecular flexibility index (Phi) is 6.96. The third-order valence-corrected chi connectivity index (χ3v) is 6.16. The van der Waals surface area contributed by atoms with Crippen molar-refractivity contribution in [2.75, 3.05) is 19.7 Å². The topological polar surface area (TPSA) is 41.9 Å². The van der Waals surface area contributed by atoms with E-state index < -0.39 is 6.41 Å². The molecule has 1 aliphatic heterocycles. The molecule has 1 aromatic rings. The van der Waals surface area contributed by atoms with E-state index in [9.17, 15) is 9.50 Å². The van der Waals surface area contributed by atoms with Gasteiger partial charge in [-0.05, 0) is 91.4 Å². The van der Waals surface area contributed by atoms with Crippen molar-refractivity contribution in [3.05, 3.63) is 34.1 Å². The fraction of sp³-hybridized carbons (Fsp3) is 0.714. The van der Waals surface area contributed by atoms with Crippen LogP contribution in [-0.2, 0) is 16.1 Å². The zero-order valence-corrected chi connectivity index (χ0v) is 18.0. The lowest BCUT2D eigenvalue weighted by Crippen LogP contribution is -2.46. The Balaban J connectivity index is 1.34. The highest BCUT2D eigenvalue weighted by molar-refractivity contribution is 9.10. The highest BCUT2D eigenvalue weighted by Gasteiger charge is 2.44. The fourth-order valence-corrected chi connectivity index (χ4v) is 4.20. The molecular weight excluding hydrogens is 413 g/mol. The second-order valence-electron chi connectivity index (χ2n) is 8.85. The Bertz CT molecular complexity index is 628. The minimum atomic E-state index is -0.810. The minimum absolute atomic E-state index is 0.246. The van der Waals surface area contributed by atoms with Crippen molar-refractivity contribution in [2.45, 2.75) is 58.7 Å². The second kappa shape index (κ2) is 8.87. The van der Waals surface area contributed by atoms with Gasteiger partial charge in [-0.1, -0.05) is 6.07 Å². The minimum Gasteiger partial charge on any atom is -0.376 e. The van der Waals surface area contributed by atoms with Gasteiger partial charge in [-0.2, -0.15) is 0 Å². The van der Waals surface area contributed by atoms with Crippen molar-refractivity contribution in [3.8, 4) is 0 Å². The number of ether oxygens (including phenoxy) is 2. The zero-order chi connectivity index (χ0) is 19.6. The van der Waals surface area contributed by atoms with E-state index in [0.717, 1.165) is 44.0 Å². The molecule has 0 radical (unpaired) electrons. The Morgan fingerprint density at radius 3 is 2.63 bits per heavy atom. The summed E-state index contributed by atoms with van der Waals surface area (Å²) in [4.78, 5) is 2.03. The quantitative estimate of drug-likeness (QED) is 0.627. The molecule has 0 amide bonds. The maximum Gasteiger partial charge on any atom is 0.216 e. The Labute approximate surface area is 170 Å². The van der Waals surface area contributed by atoms with Gasteiger partial charge in [0.25, 0.3) is 0 Å². The van der Waals surface area contributed by atoms with Crippen LogP contribution in [0, 0.1) is 23.6 Å². The number of piperidine rings is 1. The van der Waals surface area contributed by atoms with E-state index in [4.69, 9.17) is 9.47 Å². The van der Waals surface area contributed by atoms with Crippen LogP contribution in [0.3, 0.4) is 0 Å². The number of aliphatic hydroxyl groups excluding tert-OH is 1. The number of hydrogen-bond acceptors (Lipinski definition) is 4. The molecule has 6 heteroatoms. The third kappa shape index (κ3) is 6.23. The number of benzene rings is 1. The van der Waals surface area contributed by atoms with Gasteiger partial charge in [-0.15, -0.1) is 0 Å². The van der Waals surface area contributed by atoms with E-state index in [1.807, 2.05) is 31.7 Å². The maximum absolute atomic E-state index is 13.5. The average Bonchev–Trinajstić information content (AvgIpc) is 3.36. The second-order valence-corrected chi connectivity index (χ2v) is 9.71. The van der Waals surface area contributed by atoms with Crippen molar-refractivity contribution in [2.24, 2.45) is 17.8 Å². The van der Waals surface area contributed by atoms with E-state index in [-0.39, 0.29) is 11.4 Å². The zero-order valence-electron chi connectivity index (χ0n) is 16.5. The van der Waals surface area contributed by atoms with E-state index in [1.165, 1.54) is 12.5 Å². The van der Waals surface area contributed by atoms with Crippen LogP contribution >= 0.6 is 15.9 Å². The lowest BCUT2D eigenvalue weighted by Gasteiger charge is -2.37. The van der Waals surface area contributed by atoms with Crippen molar-refractivity contribution < 1.29 is 19.0 Å². The SMILES string of the molecule is CC(C)(C)OC(O)N1CCC(C2CC2COCc2ccc(Br)c(F)c2)CC1. The van der Waals surface area contributed by atoms with Gasteiger partial charge < -0.3 is 14.6 Å². The normalized spacial score (nSPS) is 25.6. The first kappa shape index (κ1) is 21.2. The molecule has 2 aliphatic rings. The standard InChI is InChI=1S/C21H31BrFNO3/c1-21(2,3)27-20(25)24-8-6-15(7-9-24)17-11-16(17)13-26-12-14-4-5-18(22)19(23)10-14/h4-5,10,15-17,20,25H,6-9,11-13H2,1-3H3. The molecule has 3 unspecified atom stereocenters. The molecule has 3 rings (SSSR count). The molecule has 1 heterocycles. The summed E-state index contributed by atoms with van der Waals surface area (Å²) < 4.78 is 25.5. The molecular formula is C21H31BrFNO3. The molecule has 1 N–H and O–H groups in total. The first-order valence-corrected chi connectivity index (χ1v) is 10.6. The molecule has 2 fully saturated rings. The average molecular weight is 444 g/mol. The van der Waals surface area contributed by atoms with Crippen molar-refractivity contribution in [3.63, 3.8) is 0 Å². The predicted molar refractivity (Wildman–Crippen MR) is 106 cm³/mol. The predicted octanol–water partition coefficient (Wildman–Crippen LogP) is 4.54. The molecule has 0 spiro atoms. The highest BCUT2D eigenvalue weighted by Crippen LogP contribution is 2.48.